The first-order valence-electron chi connectivity index (χ1n) is 8.45. The molecule has 0 aliphatic heterocycles. The first kappa shape index (κ1) is 20.8. The minimum Gasteiger partial charge on any atom is -0.481 e. The van der Waals surface area contributed by atoms with E-state index in [2.05, 4.69) is 32.2 Å². The van der Waals surface area contributed by atoms with E-state index in [-0.39, 0.29) is 29.3 Å². The fourth-order valence-electron chi connectivity index (χ4n) is 2.72. The Bertz CT molecular complexity index is 567. The van der Waals surface area contributed by atoms with Crippen molar-refractivity contribution >= 4 is 18.3 Å². The number of nitrogens with one attached hydrogen (secondary N) is 1. The van der Waals surface area contributed by atoms with Crippen LogP contribution in [0.4, 0.5) is 0 Å². The quantitative estimate of drug-likeness (QED) is 0.822. The summed E-state index contributed by atoms with van der Waals surface area (Å²) < 4.78 is 5.85. The Morgan fingerprint density at radius 2 is 1.96 bits per heavy atom. The first-order chi connectivity index (χ1) is 10.7. The van der Waals surface area contributed by atoms with Crippen LogP contribution in [0.2, 0.25) is 0 Å². The van der Waals surface area contributed by atoms with E-state index >= 15 is 0 Å². The molecular formula is C19H31ClN2O2. The monoisotopic (exact) mass is 354 g/mol. The summed E-state index contributed by atoms with van der Waals surface area (Å²) in [5, 5.41) is 3.08. The maximum Gasteiger partial charge on any atom is 0.261 e. The second-order valence-electron chi connectivity index (χ2n) is 7.92. The van der Waals surface area contributed by atoms with Crippen LogP contribution in [0.5, 0.6) is 5.75 Å². The van der Waals surface area contributed by atoms with Crippen molar-refractivity contribution in [2.45, 2.75) is 64.5 Å². The van der Waals surface area contributed by atoms with Crippen molar-refractivity contribution in [1.82, 2.24) is 5.32 Å². The van der Waals surface area contributed by atoms with E-state index in [0.29, 0.717) is 12.5 Å². The van der Waals surface area contributed by atoms with Gasteiger partial charge in [0, 0.05) is 6.54 Å². The number of rotatable bonds is 6. The molecule has 2 rings (SSSR count). The van der Waals surface area contributed by atoms with E-state index in [0.717, 1.165) is 18.6 Å². The SMILES string of the molecule is CC(Oc1cccc(C(C)(C)C)c1)C(=O)NC(C)(CN)C1CC1.Cl. The number of halogens is 1. The largest absolute Gasteiger partial charge is 0.481 e. The molecule has 0 spiro atoms. The Labute approximate surface area is 151 Å². The summed E-state index contributed by atoms with van der Waals surface area (Å²) in [5.41, 5.74) is 6.78. The summed E-state index contributed by atoms with van der Waals surface area (Å²) in [6.45, 7) is 10.7. The zero-order valence-electron chi connectivity index (χ0n) is 15.4. The number of carbonyl (C=O) groups excluding carboxylic acids is 1. The third-order valence-electron chi connectivity index (χ3n) is 4.69. The molecule has 0 heterocycles. The highest BCUT2D eigenvalue weighted by molar-refractivity contribution is 5.85. The number of hydrogen-bond donors (Lipinski definition) is 2. The molecule has 1 aromatic rings. The van der Waals surface area contributed by atoms with Gasteiger partial charge in [0.1, 0.15) is 5.75 Å². The third-order valence-corrected chi connectivity index (χ3v) is 4.69. The van der Waals surface area contributed by atoms with E-state index < -0.39 is 6.10 Å². The second kappa shape index (κ2) is 7.75. The van der Waals surface area contributed by atoms with Gasteiger partial charge in [0.2, 0.25) is 0 Å². The molecule has 4 nitrogen and oxygen atoms in total. The smallest absolute Gasteiger partial charge is 0.261 e. The van der Waals surface area contributed by atoms with E-state index in [1.54, 1.807) is 6.92 Å². The fraction of sp³-hybridized carbons (Fsp3) is 0.632. The van der Waals surface area contributed by atoms with Crippen molar-refractivity contribution in [3.05, 3.63) is 29.8 Å². The van der Waals surface area contributed by atoms with E-state index in [9.17, 15) is 4.79 Å². The van der Waals surface area contributed by atoms with Gasteiger partial charge in [-0.25, -0.2) is 0 Å². The van der Waals surface area contributed by atoms with Gasteiger partial charge in [-0.3, -0.25) is 4.79 Å². The molecule has 1 aromatic carbocycles. The average Bonchev–Trinajstić information content (AvgIpc) is 3.31. The van der Waals surface area contributed by atoms with Gasteiger partial charge < -0.3 is 15.8 Å². The molecule has 0 aromatic heterocycles. The topological polar surface area (TPSA) is 64.3 Å². The number of benzene rings is 1. The van der Waals surface area contributed by atoms with Gasteiger partial charge in [0.15, 0.2) is 6.10 Å². The standard InChI is InChI=1S/C19H30N2O2.ClH/c1-13(17(22)21-19(5,12-20)14-9-10-14)23-16-8-6-7-15(11-16)18(2,3)4;/h6-8,11,13-14H,9-10,12,20H2,1-5H3,(H,21,22);1H. The van der Waals surface area contributed by atoms with Crippen molar-refractivity contribution in [2.24, 2.45) is 11.7 Å². The average molecular weight is 355 g/mol. The van der Waals surface area contributed by atoms with E-state index in [1.807, 2.05) is 25.1 Å². The summed E-state index contributed by atoms with van der Waals surface area (Å²) in [6, 6.07) is 7.94. The number of ether oxygens (including phenoxy) is 1. The first-order valence-corrected chi connectivity index (χ1v) is 8.45. The molecule has 136 valence electrons. The molecule has 24 heavy (non-hydrogen) atoms. The van der Waals surface area contributed by atoms with Crippen molar-refractivity contribution in [3.63, 3.8) is 0 Å². The van der Waals surface area contributed by atoms with Crippen molar-refractivity contribution in [2.75, 3.05) is 6.54 Å². The Hall–Kier alpha value is -1.26. The maximum atomic E-state index is 12.4. The molecule has 1 saturated carbocycles. The van der Waals surface area contributed by atoms with Gasteiger partial charge in [-0.1, -0.05) is 32.9 Å². The summed E-state index contributed by atoms with van der Waals surface area (Å²) in [7, 11) is 0. The van der Waals surface area contributed by atoms with E-state index in [4.69, 9.17) is 10.5 Å². The normalized spacial score (nSPS) is 18.1. The zero-order valence-corrected chi connectivity index (χ0v) is 16.2. The van der Waals surface area contributed by atoms with Gasteiger partial charge in [0.25, 0.3) is 5.91 Å². The molecule has 2 unspecified atom stereocenters. The van der Waals surface area contributed by atoms with Crippen LogP contribution in [0.3, 0.4) is 0 Å². The lowest BCUT2D eigenvalue weighted by Gasteiger charge is -2.31. The number of carbonyl (C=O) groups is 1. The highest BCUT2D eigenvalue weighted by Crippen LogP contribution is 2.39. The molecule has 3 N–H and O–H groups in total. The molecule has 1 fully saturated rings. The van der Waals surface area contributed by atoms with Gasteiger partial charge in [0.05, 0.1) is 5.54 Å². The predicted octanol–water partition coefficient (Wildman–Crippen LogP) is 3.42. The van der Waals surface area contributed by atoms with Crippen LogP contribution in [0.15, 0.2) is 24.3 Å². The molecule has 1 amide bonds. The van der Waals surface area contributed by atoms with Crippen molar-refractivity contribution in [1.29, 1.82) is 0 Å². The number of nitrogens with two attached hydrogens (primary N) is 1. The van der Waals surface area contributed by atoms with Gasteiger partial charge in [-0.05, 0) is 55.7 Å². The number of amides is 1. The predicted molar refractivity (Wildman–Crippen MR) is 101 cm³/mol. The molecule has 1 aliphatic rings. The fourth-order valence-corrected chi connectivity index (χ4v) is 2.72. The molecule has 0 bridgehead atoms. The Morgan fingerprint density at radius 1 is 1.33 bits per heavy atom. The summed E-state index contributed by atoms with van der Waals surface area (Å²) in [6.07, 6.45) is 1.73. The van der Waals surface area contributed by atoms with Gasteiger partial charge in [-0.15, -0.1) is 12.4 Å². The molecule has 0 radical (unpaired) electrons. The van der Waals surface area contributed by atoms with Crippen LogP contribution in [0, 0.1) is 5.92 Å². The summed E-state index contributed by atoms with van der Waals surface area (Å²) in [5.74, 6) is 1.11. The lowest BCUT2D eigenvalue weighted by Crippen LogP contribution is -2.56. The third kappa shape index (κ3) is 5.12. The van der Waals surface area contributed by atoms with E-state index in [1.165, 1.54) is 5.56 Å². The summed E-state index contributed by atoms with van der Waals surface area (Å²) in [4.78, 5) is 12.4. The highest BCUT2D eigenvalue weighted by Gasteiger charge is 2.42. The summed E-state index contributed by atoms with van der Waals surface area (Å²) >= 11 is 0. The zero-order chi connectivity index (χ0) is 17.3. The van der Waals surface area contributed by atoms with Crippen LogP contribution in [0.1, 0.15) is 53.0 Å². The number of hydrogen-bond acceptors (Lipinski definition) is 3. The Morgan fingerprint density at radius 3 is 2.46 bits per heavy atom. The lowest BCUT2D eigenvalue weighted by molar-refractivity contribution is -0.129. The van der Waals surface area contributed by atoms with Crippen LogP contribution in [-0.4, -0.2) is 24.1 Å². The van der Waals surface area contributed by atoms with Crippen molar-refractivity contribution < 1.29 is 9.53 Å². The highest BCUT2D eigenvalue weighted by atomic mass is 35.5. The van der Waals surface area contributed by atoms with Crippen LogP contribution in [-0.2, 0) is 10.2 Å². The van der Waals surface area contributed by atoms with Crippen LogP contribution >= 0.6 is 12.4 Å². The lowest BCUT2D eigenvalue weighted by atomic mass is 9.87. The molecule has 0 saturated heterocycles. The van der Waals surface area contributed by atoms with Crippen LogP contribution < -0.4 is 15.8 Å². The maximum absolute atomic E-state index is 12.4. The molecule has 5 heteroatoms. The van der Waals surface area contributed by atoms with Crippen LogP contribution in [0.25, 0.3) is 0 Å². The minimum absolute atomic E-state index is 0. The van der Waals surface area contributed by atoms with Gasteiger partial charge in [-0.2, -0.15) is 0 Å². The minimum atomic E-state index is -0.546. The molecular weight excluding hydrogens is 324 g/mol. The Balaban J connectivity index is 0.00000288. The Kier molecular flexibility index (Phi) is 6.71. The van der Waals surface area contributed by atoms with Gasteiger partial charge >= 0.3 is 0 Å². The molecule has 1 aliphatic carbocycles. The second-order valence-corrected chi connectivity index (χ2v) is 7.92. The van der Waals surface area contributed by atoms with Crippen molar-refractivity contribution in [3.8, 4) is 5.75 Å². The molecule has 2 atom stereocenters.